The number of nitrogens with one attached hydrogen (secondary N) is 2. The summed E-state index contributed by atoms with van der Waals surface area (Å²) in [5.74, 6) is -0.679. The first-order chi connectivity index (χ1) is 9.47. The fourth-order valence-electron chi connectivity index (χ4n) is 1.61. The highest BCUT2D eigenvalue weighted by molar-refractivity contribution is 5.87. The topological polar surface area (TPSA) is 100 Å². The lowest BCUT2D eigenvalue weighted by atomic mass is 10.1. The van der Waals surface area contributed by atoms with Gasteiger partial charge < -0.3 is 10.1 Å². The summed E-state index contributed by atoms with van der Waals surface area (Å²) < 4.78 is 0. The molecule has 0 aliphatic rings. The van der Waals surface area contributed by atoms with E-state index in [0.29, 0.717) is 17.2 Å². The van der Waals surface area contributed by atoms with Crippen molar-refractivity contribution >= 4 is 11.9 Å². The zero-order valence-electron chi connectivity index (χ0n) is 11.5. The number of nitrogens with zero attached hydrogens (tertiary/aromatic N) is 2. The van der Waals surface area contributed by atoms with Crippen LogP contribution in [0.4, 0.5) is 5.95 Å². The Morgan fingerprint density at radius 1 is 1.50 bits per heavy atom. The van der Waals surface area contributed by atoms with Gasteiger partial charge in [-0.2, -0.15) is 0 Å². The minimum absolute atomic E-state index is 0.00535. The van der Waals surface area contributed by atoms with Gasteiger partial charge in [0.05, 0.1) is 11.8 Å². The van der Waals surface area contributed by atoms with Crippen LogP contribution in [0.15, 0.2) is 18.5 Å². The third-order valence-corrected chi connectivity index (χ3v) is 2.54. The SMILES string of the molecule is Cc1cnc(NOC(C)C)nc1-c1c[nH]c(C(=O)O)c1. The molecule has 0 saturated heterocycles. The zero-order chi connectivity index (χ0) is 14.7. The minimum atomic E-state index is -1.01. The Bertz CT molecular complexity index is 622. The van der Waals surface area contributed by atoms with E-state index < -0.39 is 5.97 Å². The van der Waals surface area contributed by atoms with E-state index in [-0.39, 0.29) is 11.8 Å². The predicted molar refractivity (Wildman–Crippen MR) is 73.4 cm³/mol. The molecule has 0 atom stereocenters. The van der Waals surface area contributed by atoms with Crippen molar-refractivity contribution in [3.8, 4) is 11.3 Å². The summed E-state index contributed by atoms with van der Waals surface area (Å²) in [5.41, 5.74) is 4.96. The summed E-state index contributed by atoms with van der Waals surface area (Å²) in [6.45, 7) is 5.62. The number of hydrogen-bond donors (Lipinski definition) is 3. The summed E-state index contributed by atoms with van der Waals surface area (Å²) in [6, 6.07) is 1.53. The fraction of sp³-hybridized carbons (Fsp3) is 0.308. The van der Waals surface area contributed by atoms with E-state index in [1.807, 2.05) is 20.8 Å². The number of H-pyrrole nitrogens is 1. The largest absolute Gasteiger partial charge is 0.477 e. The van der Waals surface area contributed by atoms with Gasteiger partial charge in [0.15, 0.2) is 0 Å². The number of carbonyl (C=O) groups is 1. The van der Waals surface area contributed by atoms with Crippen LogP contribution in [-0.2, 0) is 4.84 Å². The Labute approximate surface area is 116 Å². The second kappa shape index (κ2) is 5.70. The summed E-state index contributed by atoms with van der Waals surface area (Å²) in [6.07, 6.45) is 3.25. The standard InChI is InChI=1S/C13H16N4O3/c1-7(2)20-17-13-15-5-8(3)11(16-13)9-4-10(12(18)19)14-6-9/h4-7,14H,1-3H3,(H,18,19)(H,15,16,17). The maximum atomic E-state index is 10.9. The van der Waals surface area contributed by atoms with Crippen LogP contribution in [0, 0.1) is 6.92 Å². The van der Waals surface area contributed by atoms with Gasteiger partial charge in [-0.15, -0.1) is 0 Å². The number of carboxylic acid groups (broad SMARTS) is 1. The second-order valence-corrected chi connectivity index (χ2v) is 4.60. The molecule has 0 radical (unpaired) electrons. The van der Waals surface area contributed by atoms with Crippen LogP contribution in [0.5, 0.6) is 0 Å². The Balaban J connectivity index is 2.29. The molecule has 2 rings (SSSR count). The average Bonchev–Trinajstić information content (AvgIpc) is 2.87. The van der Waals surface area contributed by atoms with Gasteiger partial charge >= 0.3 is 5.97 Å². The van der Waals surface area contributed by atoms with Crippen LogP contribution in [0.2, 0.25) is 0 Å². The smallest absolute Gasteiger partial charge is 0.352 e. The van der Waals surface area contributed by atoms with Gasteiger partial charge in [0.1, 0.15) is 5.69 Å². The summed E-state index contributed by atoms with van der Waals surface area (Å²) in [5, 5.41) is 8.92. The van der Waals surface area contributed by atoms with Crippen molar-refractivity contribution in [3.63, 3.8) is 0 Å². The van der Waals surface area contributed by atoms with Gasteiger partial charge in [-0.25, -0.2) is 20.2 Å². The normalized spacial score (nSPS) is 10.8. The summed E-state index contributed by atoms with van der Waals surface area (Å²) in [4.78, 5) is 27.2. The van der Waals surface area contributed by atoms with Crippen molar-refractivity contribution in [1.82, 2.24) is 15.0 Å². The van der Waals surface area contributed by atoms with E-state index in [1.165, 1.54) is 6.07 Å². The highest BCUT2D eigenvalue weighted by Gasteiger charge is 2.12. The molecule has 0 aliphatic heterocycles. The third-order valence-electron chi connectivity index (χ3n) is 2.54. The second-order valence-electron chi connectivity index (χ2n) is 4.60. The lowest BCUT2D eigenvalue weighted by Gasteiger charge is -2.10. The molecule has 0 aromatic carbocycles. The molecule has 0 aliphatic carbocycles. The molecule has 0 fully saturated rings. The maximum absolute atomic E-state index is 10.9. The van der Waals surface area contributed by atoms with Crippen molar-refractivity contribution in [2.24, 2.45) is 0 Å². The van der Waals surface area contributed by atoms with Crippen molar-refractivity contribution < 1.29 is 14.7 Å². The van der Waals surface area contributed by atoms with E-state index in [1.54, 1.807) is 12.4 Å². The maximum Gasteiger partial charge on any atom is 0.352 e. The Hall–Kier alpha value is -2.41. The average molecular weight is 276 g/mol. The number of aromatic nitrogens is 3. The number of aryl methyl sites for hydroxylation is 1. The number of rotatable bonds is 5. The lowest BCUT2D eigenvalue weighted by molar-refractivity contribution is 0.0691. The van der Waals surface area contributed by atoms with Gasteiger partial charge in [0, 0.05) is 18.0 Å². The molecule has 7 heteroatoms. The number of aromatic amines is 1. The quantitative estimate of drug-likeness (QED) is 0.724. The third kappa shape index (κ3) is 3.12. The van der Waals surface area contributed by atoms with Crippen LogP contribution in [0.3, 0.4) is 0 Å². The molecule has 0 spiro atoms. The molecule has 20 heavy (non-hydrogen) atoms. The minimum Gasteiger partial charge on any atom is -0.477 e. The van der Waals surface area contributed by atoms with Gasteiger partial charge in [0.2, 0.25) is 5.95 Å². The zero-order valence-corrected chi connectivity index (χ0v) is 11.5. The molecule has 7 nitrogen and oxygen atoms in total. The van der Waals surface area contributed by atoms with Crippen LogP contribution in [0.25, 0.3) is 11.3 Å². The van der Waals surface area contributed by atoms with E-state index in [2.05, 4.69) is 20.4 Å². The molecule has 106 valence electrons. The molecule has 3 N–H and O–H groups in total. The number of hydrogen-bond acceptors (Lipinski definition) is 5. The molecule has 0 amide bonds. The monoisotopic (exact) mass is 276 g/mol. The molecule has 2 heterocycles. The molecular weight excluding hydrogens is 260 g/mol. The molecule has 2 aromatic rings. The van der Waals surface area contributed by atoms with Crippen LogP contribution >= 0.6 is 0 Å². The Morgan fingerprint density at radius 3 is 2.85 bits per heavy atom. The number of aromatic carboxylic acids is 1. The van der Waals surface area contributed by atoms with Crippen molar-refractivity contribution in [2.75, 3.05) is 5.48 Å². The van der Waals surface area contributed by atoms with Gasteiger partial charge in [-0.1, -0.05) is 0 Å². The molecule has 0 unspecified atom stereocenters. The van der Waals surface area contributed by atoms with Gasteiger partial charge in [-0.3, -0.25) is 4.84 Å². The first-order valence-corrected chi connectivity index (χ1v) is 6.14. The van der Waals surface area contributed by atoms with E-state index in [0.717, 1.165) is 5.56 Å². The van der Waals surface area contributed by atoms with Gasteiger partial charge in [0.25, 0.3) is 0 Å². The highest BCUT2D eigenvalue weighted by atomic mass is 16.7. The molecular formula is C13H16N4O3. The number of anilines is 1. The lowest BCUT2D eigenvalue weighted by Crippen LogP contribution is -2.11. The Morgan fingerprint density at radius 2 is 2.25 bits per heavy atom. The highest BCUT2D eigenvalue weighted by Crippen LogP contribution is 2.22. The predicted octanol–water partition coefficient (Wildman–Crippen LogP) is 2.23. The van der Waals surface area contributed by atoms with E-state index >= 15 is 0 Å². The molecule has 2 aromatic heterocycles. The van der Waals surface area contributed by atoms with E-state index in [9.17, 15) is 4.79 Å². The molecule has 0 bridgehead atoms. The van der Waals surface area contributed by atoms with Crippen LogP contribution in [0.1, 0.15) is 29.9 Å². The van der Waals surface area contributed by atoms with Gasteiger partial charge in [-0.05, 0) is 32.4 Å². The summed E-state index contributed by atoms with van der Waals surface area (Å²) in [7, 11) is 0. The van der Waals surface area contributed by atoms with Crippen molar-refractivity contribution in [3.05, 3.63) is 29.7 Å². The van der Waals surface area contributed by atoms with Crippen molar-refractivity contribution in [1.29, 1.82) is 0 Å². The summed E-state index contributed by atoms with van der Waals surface area (Å²) >= 11 is 0. The number of carboxylic acids is 1. The van der Waals surface area contributed by atoms with E-state index in [4.69, 9.17) is 9.94 Å². The van der Waals surface area contributed by atoms with Crippen LogP contribution in [-0.4, -0.2) is 32.1 Å². The first-order valence-electron chi connectivity index (χ1n) is 6.14. The van der Waals surface area contributed by atoms with Crippen LogP contribution < -0.4 is 5.48 Å². The fourth-order valence-corrected chi connectivity index (χ4v) is 1.61. The molecule has 0 saturated carbocycles. The first kappa shape index (κ1) is 14.0. The van der Waals surface area contributed by atoms with Crippen molar-refractivity contribution in [2.45, 2.75) is 26.9 Å². The Kier molecular flexibility index (Phi) is 3.99.